The number of carbonyl (C=O) groups is 1. The number of rotatable bonds is 6. The molecule has 0 aliphatic heterocycles. The minimum absolute atomic E-state index is 0.0728. The Hall–Kier alpha value is -1.20. The number of phenolic OH excluding ortho intramolecular Hbond substituents is 2. The number of hydrogen-bond donors (Lipinski definition) is 2. The molecule has 88 valence electrons. The Bertz CT molecular complexity index is 365. The van der Waals surface area contributed by atoms with Crippen LogP contribution >= 0.6 is 11.8 Å². The van der Waals surface area contributed by atoms with Crippen LogP contribution in [0, 0.1) is 0 Å². The predicted molar refractivity (Wildman–Crippen MR) is 63.3 cm³/mol. The Morgan fingerprint density at radius 2 is 2.12 bits per heavy atom. The van der Waals surface area contributed by atoms with Crippen LogP contribution in [0.25, 0.3) is 0 Å². The van der Waals surface area contributed by atoms with Crippen LogP contribution in [0.3, 0.4) is 0 Å². The van der Waals surface area contributed by atoms with Crippen LogP contribution in [0.4, 0.5) is 0 Å². The van der Waals surface area contributed by atoms with Gasteiger partial charge in [-0.05, 0) is 18.2 Å². The van der Waals surface area contributed by atoms with Crippen molar-refractivity contribution < 1.29 is 19.7 Å². The maximum absolute atomic E-state index is 11.6. The fraction of sp³-hybridized carbons (Fsp3) is 0.364. The number of thioether (sulfide) groups is 1. The van der Waals surface area contributed by atoms with Gasteiger partial charge >= 0.3 is 0 Å². The minimum Gasteiger partial charge on any atom is -0.504 e. The molecular formula is C11H14O4S. The van der Waals surface area contributed by atoms with Gasteiger partial charge in [0.15, 0.2) is 17.3 Å². The van der Waals surface area contributed by atoms with Crippen molar-refractivity contribution in [3.8, 4) is 11.5 Å². The largest absolute Gasteiger partial charge is 0.504 e. The van der Waals surface area contributed by atoms with E-state index in [2.05, 4.69) is 0 Å². The Morgan fingerprint density at radius 3 is 2.75 bits per heavy atom. The lowest BCUT2D eigenvalue weighted by atomic mass is 10.1. The molecule has 1 rings (SSSR count). The molecule has 0 radical (unpaired) electrons. The Labute approximate surface area is 98.2 Å². The first-order valence-corrected chi connectivity index (χ1v) is 5.92. The molecule has 0 heterocycles. The van der Waals surface area contributed by atoms with Crippen LogP contribution in [-0.4, -0.2) is 41.2 Å². The van der Waals surface area contributed by atoms with Gasteiger partial charge in [-0.15, -0.1) is 0 Å². The molecule has 1 aromatic carbocycles. The Balaban J connectivity index is 2.50. The second-order valence-corrected chi connectivity index (χ2v) is 4.28. The van der Waals surface area contributed by atoms with Crippen LogP contribution in [-0.2, 0) is 4.74 Å². The molecule has 0 spiro atoms. The van der Waals surface area contributed by atoms with E-state index in [9.17, 15) is 9.90 Å². The van der Waals surface area contributed by atoms with Crippen LogP contribution in [0.5, 0.6) is 11.5 Å². The highest BCUT2D eigenvalue weighted by molar-refractivity contribution is 8.00. The summed E-state index contributed by atoms with van der Waals surface area (Å²) in [6.45, 7) is 0.610. The van der Waals surface area contributed by atoms with E-state index in [-0.39, 0.29) is 17.3 Å². The predicted octanol–water partition coefficient (Wildman–Crippen LogP) is 1.66. The van der Waals surface area contributed by atoms with Gasteiger partial charge in [0.25, 0.3) is 0 Å². The summed E-state index contributed by atoms with van der Waals surface area (Å²) in [4.78, 5) is 11.6. The number of methoxy groups -OCH3 is 1. The van der Waals surface area contributed by atoms with Crippen LogP contribution < -0.4 is 0 Å². The van der Waals surface area contributed by atoms with E-state index in [1.165, 1.54) is 30.0 Å². The van der Waals surface area contributed by atoms with Gasteiger partial charge in [0.1, 0.15) is 0 Å². The number of Topliss-reactive ketones (excluding diaryl/α,β-unsaturated/α-hetero) is 1. The molecule has 0 amide bonds. The average molecular weight is 242 g/mol. The maximum atomic E-state index is 11.6. The van der Waals surface area contributed by atoms with Gasteiger partial charge in [-0.1, -0.05) is 0 Å². The third kappa shape index (κ3) is 3.75. The quantitative estimate of drug-likeness (QED) is 0.451. The number of aromatic hydroxyl groups is 2. The van der Waals surface area contributed by atoms with E-state index in [4.69, 9.17) is 9.84 Å². The van der Waals surface area contributed by atoms with Crippen molar-refractivity contribution >= 4 is 17.5 Å². The molecule has 0 aromatic heterocycles. The third-order valence-corrected chi connectivity index (χ3v) is 2.88. The summed E-state index contributed by atoms with van der Waals surface area (Å²) in [6, 6.07) is 4.07. The fourth-order valence-corrected chi connectivity index (χ4v) is 1.87. The van der Waals surface area contributed by atoms with Crippen LogP contribution in [0.15, 0.2) is 18.2 Å². The van der Waals surface area contributed by atoms with E-state index in [1.807, 2.05) is 0 Å². The summed E-state index contributed by atoms with van der Waals surface area (Å²) in [7, 11) is 1.61. The van der Waals surface area contributed by atoms with Crippen LogP contribution in [0.2, 0.25) is 0 Å². The molecular weight excluding hydrogens is 228 g/mol. The highest BCUT2D eigenvalue weighted by atomic mass is 32.2. The molecule has 2 N–H and O–H groups in total. The van der Waals surface area contributed by atoms with Crippen molar-refractivity contribution in [3.05, 3.63) is 23.8 Å². The van der Waals surface area contributed by atoms with Crippen molar-refractivity contribution in [1.29, 1.82) is 0 Å². The summed E-state index contributed by atoms with van der Waals surface area (Å²) in [5.74, 6) is 0.535. The van der Waals surface area contributed by atoms with Crippen molar-refractivity contribution in [1.82, 2.24) is 0 Å². The van der Waals surface area contributed by atoms with Crippen molar-refractivity contribution in [2.45, 2.75) is 0 Å². The summed E-state index contributed by atoms with van der Waals surface area (Å²) < 4.78 is 4.86. The lowest BCUT2D eigenvalue weighted by molar-refractivity contribution is 0.102. The SMILES string of the molecule is COCCSCC(=O)c1ccc(O)c(O)c1. The maximum Gasteiger partial charge on any atom is 0.172 e. The van der Waals surface area contributed by atoms with Crippen LogP contribution in [0.1, 0.15) is 10.4 Å². The summed E-state index contributed by atoms with van der Waals surface area (Å²) in [5, 5.41) is 18.3. The van der Waals surface area contributed by atoms with Crippen molar-refractivity contribution in [2.75, 3.05) is 25.2 Å². The van der Waals surface area contributed by atoms with Gasteiger partial charge in [0.05, 0.1) is 12.4 Å². The van der Waals surface area contributed by atoms with E-state index in [1.54, 1.807) is 7.11 Å². The summed E-state index contributed by atoms with van der Waals surface area (Å²) >= 11 is 1.47. The molecule has 5 heteroatoms. The van der Waals surface area contributed by atoms with Gasteiger partial charge in [-0.2, -0.15) is 11.8 Å². The van der Waals surface area contributed by atoms with Crippen molar-refractivity contribution in [3.63, 3.8) is 0 Å². The number of benzene rings is 1. The molecule has 1 aromatic rings. The molecule has 0 fully saturated rings. The first-order chi connectivity index (χ1) is 7.65. The number of ketones is 1. The summed E-state index contributed by atoms with van der Waals surface area (Å²) in [5.41, 5.74) is 0.403. The number of ether oxygens (including phenoxy) is 1. The second-order valence-electron chi connectivity index (χ2n) is 3.17. The highest BCUT2D eigenvalue weighted by Crippen LogP contribution is 2.25. The van der Waals surface area contributed by atoms with E-state index in [0.29, 0.717) is 17.9 Å². The Morgan fingerprint density at radius 1 is 1.38 bits per heavy atom. The van der Waals surface area contributed by atoms with Gasteiger partial charge in [0.2, 0.25) is 0 Å². The molecule has 16 heavy (non-hydrogen) atoms. The molecule has 0 unspecified atom stereocenters. The summed E-state index contributed by atoms with van der Waals surface area (Å²) in [6.07, 6.45) is 0. The zero-order valence-electron chi connectivity index (χ0n) is 8.97. The van der Waals surface area contributed by atoms with Gasteiger partial charge in [-0.25, -0.2) is 0 Å². The number of carbonyl (C=O) groups excluding carboxylic acids is 1. The van der Waals surface area contributed by atoms with E-state index < -0.39 is 0 Å². The van der Waals surface area contributed by atoms with E-state index in [0.717, 1.165) is 5.75 Å². The smallest absolute Gasteiger partial charge is 0.172 e. The van der Waals surface area contributed by atoms with Gasteiger partial charge in [0, 0.05) is 18.4 Å². The normalized spacial score (nSPS) is 10.3. The first kappa shape index (κ1) is 12.9. The molecule has 0 atom stereocenters. The zero-order valence-corrected chi connectivity index (χ0v) is 9.79. The average Bonchev–Trinajstić information content (AvgIpc) is 2.28. The number of hydrogen-bond acceptors (Lipinski definition) is 5. The van der Waals surface area contributed by atoms with E-state index >= 15 is 0 Å². The molecule has 0 saturated carbocycles. The van der Waals surface area contributed by atoms with Crippen molar-refractivity contribution in [2.24, 2.45) is 0 Å². The third-order valence-electron chi connectivity index (χ3n) is 1.96. The first-order valence-electron chi connectivity index (χ1n) is 4.77. The minimum atomic E-state index is -0.271. The highest BCUT2D eigenvalue weighted by Gasteiger charge is 2.08. The lowest BCUT2D eigenvalue weighted by Gasteiger charge is -2.03. The molecule has 4 nitrogen and oxygen atoms in total. The monoisotopic (exact) mass is 242 g/mol. The molecule has 0 aliphatic rings. The molecule has 0 aliphatic carbocycles. The molecule has 0 saturated heterocycles. The second kappa shape index (κ2) is 6.40. The topological polar surface area (TPSA) is 66.8 Å². The van der Waals surface area contributed by atoms with Gasteiger partial charge in [-0.3, -0.25) is 4.79 Å². The Kier molecular flexibility index (Phi) is 5.14. The van der Waals surface area contributed by atoms with Gasteiger partial charge < -0.3 is 14.9 Å². The lowest BCUT2D eigenvalue weighted by Crippen LogP contribution is -2.04. The molecule has 0 bridgehead atoms. The zero-order chi connectivity index (χ0) is 12.0. The fourth-order valence-electron chi connectivity index (χ4n) is 1.09. The standard InChI is InChI=1S/C11H14O4S/c1-15-4-5-16-7-11(14)8-2-3-9(12)10(13)6-8/h2-3,6,12-13H,4-5,7H2,1H3. The number of phenols is 2.